The van der Waals surface area contributed by atoms with Gasteiger partial charge in [-0.2, -0.15) is 0 Å². The van der Waals surface area contributed by atoms with E-state index in [4.69, 9.17) is 0 Å². The Morgan fingerprint density at radius 2 is 1.68 bits per heavy atom. The van der Waals surface area contributed by atoms with Crippen LogP contribution in [0.3, 0.4) is 0 Å². The molecule has 1 aliphatic carbocycles. The van der Waals surface area contributed by atoms with Crippen molar-refractivity contribution in [2.24, 2.45) is 5.41 Å². The van der Waals surface area contributed by atoms with Crippen molar-refractivity contribution in [1.29, 1.82) is 0 Å². The molecule has 104 valence electrons. The maximum absolute atomic E-state index is 12.9. The molecule has 1 heterocycles. The number of hydrogen-bond donors (Lipinski definition) is 0. The highest BCUT2D eigenvalue weighted by Crippen LogP contribution is 2.36. The third-order valence-corrected chi connectivity index (χ3v) is 3.81. The van der Waals surface area contributed by atoms with E-state index >= 15 is 0 Å². The van der Waals surface area contributed by atoms with Gasteiger partial charge in [0.15, 0.2) is 0 Å². The average molecular weight is 259 g/mol. The Kier molecular flexibility index (Phi) is 3.24. The van der Waals surface area contributed by atoms with E-state index in [9.17, 15) is 4.79 Å². The average Bonchev–Trinajstić information content (AvgIpc) is 2.60. The third-order valence-electron chi connectivity index (χ3n) is 3.81. The Morgan fingerprint density at radius 3 is 2.21 bits per heavy atom. The van der Waals surface area contributed by atoms with E-state index in [1.54, 1.807) is 0 Å². The Labute approximate surface area is 116 Å². The lowest BCUT2D eigenvalue weighted by Gasteiger charge is -2.37. The molecule has 0 bridgehead atoms. The Morgan fingerprint density at radius 1 is 1.05 bits per heavy atom. The summed E-state index contributed by atoms with van der Waals surface area (Å²) >= 11 is 0. The number of hydrogen-bond acceptors (Lipinski definition) is 1. The lowest BCUT2D eigenvalue weighted by molar-refractivity contribution is -0.132. The van der Waals surface area contributed by atoms with E-state index in [2.05, 4.69) is 59.8 Å². The highest BCUT2D eigenvalue weighted by atomic mass is 16.2. The topological polar surface area (TPSA) is 20.3 Å². The van der Waals surface area contributed by atoms with Gasteiger partial charge in [0.2, 0.25) is 0 Å². The molecule has 0 spiro atoms. The Hall–Kier alpha value is -1.31. The van der Waals surface area contributed by atoms with Crippen molar-refractivity contribution in [3.63, 3.8) is 0 Å². The molecule has 0 aromatic carbocycles. The molecular weight excluding hydrogens is 234 g/mol. The van der Waals surface area contributed by atoms with E-state index in [-0.39, 0.29) is 16.9 Å². The number of allylic oxidation sites excluding steroid dienone is 3. The van der Waals surface area contributed by atoms with Crippen molar-refractivity contribution in [3.05, 3.63) is 34.9 Å². The molecule has 2 heteroatoms. The van der Waals surface area contributed by atoms with E-state index < -0.39 is 0 Å². The highest BCUT2D eigenvalue weighted by Gasteiger charge is 2.36. The van der Waals surface area contributed by atoms with Crippen molar-refractivity contribution in [3.8, 4) is 0 Å². The van der Waals surface area contributed by atoms with Gasteiger partial charge in [-0.3, -0.25) is 4.79 Å². The number of carbonyl (C=O) groups excluding carboxylic acids is 1. The fraction of sp³-hybridized carbons (Fsp3) is 0.588. The maximum atomic E-state index is 12.9. The van der Waals surface area contributed by atoms with E-state index in [0.717, 1.165) is 18.5 Å². The van der Waals surface area contributed by atoms with Gasteiger partial charge in [-0.1, -0.05) is 32.9 Å². The minimum atomic E-state index is -0.152. The first kappa shape index (κ1) is 14.1. The van der Waals surface area contributed by atoms with Crippen molar-refractivity contribution >= 4 is 5.91 Å². The summed E-state index contributed by atoms with van der Waals surface area (Å²) in [5.74, 6) is 0.183. The van der Waals surface area contributed by atoms with E-state index in [1.807, 2.05) is 4.90 Å². The largest absolute Gasteiger partial charge is 0.330 e. The van der Waals surface area contributed by atoms with Crippen LogP contribution in [-0.4, -0.2) is 22.9 Å². The molecule has 0 fully saturated rings. The van der Waals surface area contributed by atoms with Gasteiger partial charge >= 0.3 is 0 Å². The van der Waals surface area contributed by atoms with Crippen LogP contribution in [0.1, 0.15) is 48.0 Å². The van der Waals surface area contributed by atoms with Gasteiger partial charge in [0.25, 0.3) is 5.91 Å². The fourth-order valence-corrected chi connectivity index (χ4v) is 2.57. The van der Waals surface area contributed by atoms with Crippen LogP contribution < -0.4 is 0 Å². The molecule has 1 aliphatic heterocycles. The minimum absolute atomic E-state index is 0.119. The van der Waals surface area contributed by atoms with E-state index in [1.165, 1.54) is 11.1 Å². The van der Waals surface area contributed by atoms with Gasteiger partial charge < -0.3 is 4.90 Å². The smallest absolute Gasteiger partial charge is 0.251 e. The number of rotatable bonds is 0. The van der Waals surface area contributed by atoms with Gasteiger partial charge in [0.1, 0.15) is 0 Å². The van der Waals surface area contributed by atoms with Crippen molar-refractivity contribution in [2.75, 3.05) is 6.54 Å². The quantitative estimate of drug-likeness (QED) is 0.647. The van der Waals surface area contributed by atoms with Gasteiger partial charge in [-0.15, -0.1) is 0 Å². The molecule has 2 nitrogen and oxygen atoms in total. The molecule has 0 saturated heterocycles. The summed E-state index contributed by atoms with van der Waals surface area (Å²) in [5, 5.41) is 0. The van der Waals surface area contributed by atoms with Gasteiger partial charge in [-0.05, 0) is 49.8 Å². The van der Waals surface area contributed by atoms with Crippen molar-refractivity contribution in [2.45, 2.75) is 53.5 Å². The van der Waals surface area contributed by atoms with Crippen LogP contribution in [0.5, 0.6) is 0 Å². The zero-order valence-corrected chi connectivity index (χ0v) is 13.0. The summed E-state index contributed by atoms with van der Waals surface area (Å²) in [7, 11) is 0. The number of nitrogens with zero attached hydrogens (tertiary/aromatic N) is 1. The first-order chi connectivity index (χ1) is 8.60. The molecule has 0 atom stereocenters. The first-order valence-electron chi connectivity index (χ1n) is 7.03. The second-order valence-electron chi connectivity index (χ2n) is 7.53. The molecule has 0 aromatic rings. The number of carbonyl (C=O) groups is 1. The summed E-state index contributed by atoms with van der Waals surface area (Å²) in [5.41, 5.74) is 3.26. The zero-order valence-electron chi connectivity index (χ0n) is 13.0. The van der Waals surface area contributed by atoms with Crippen LogP contribution in [0, 0.1) is 5.41 Å². The van der Waals surface area contributed by atoms with Crippen LogP contribution in [0.4, 0.5) is 0 Å². The highest BCUT2D eigenvalue weighted by molar-refractivity contribution is 5.96. The second-order valence-corrected chi connectivity index (χ2v) is 7.53. The standard InChI is InChI=1S/C17H25NO/c1-16(2,3)14-10-12-8-7-9-13(12)11-18(15(14)19)17(4,5)6/h7,9-10H,8,11H2,1-6H3. The Bertz CT molecular complexity index is 492. The molecule has 2 aliphatic rings. The zero-order chi connectivity index (χ0) is 14.4. The van der Waals surface area contributed by atoms with Crippen molar-refractivity contribution < 1.29 is 4.79 Å². The van der Waals surface area contributed by atoms with Crippen LogP contribution in [0.25, 0.3) is 0 Å². The normalized spacial score (nSPS) is 20.6. The molecule has 0 N–H and O–H groups in total. The molecule has 0 unspecified atom stereocenters. The molecular formula is C17H25NO. The number of amides is 1. The van der Waals surface area contributed by atoms with Crippen molar-refractivity contribution in [1.82, 2.24) is 4.90 Å². The minimum Gasteiger partial charge on any atom is -0.330 e. The summed E-state index contributed by atoms with van der Waals surface area (Å²) in [6.07, 6.45) is 7.45. The Balaban J connectivity index is 2.52. The van der Waals surface area contributed by atoms with Crippen LogP contribution in [-0.2, 0) is 4.79 Å². The fourth-order valence-electron chi connectivity index (χ4n) is 2.57. The molecule has 0 saturated carbocycles. The first-order valence-corrected chi connectivity index (χ1v) is 7.03. The van der Waals surface area contributed by atoms with Gasteiger partial charge in [0.05, 0.1) is 0 Å². The lowest BCUT2D eigenvalue weighted by atomic mass is 9.84. The summed E-state index contributed by atoms with van der Waals surface area (Å²) in [6, 6.07) is 0. The van der Waals surface area contributed by atoms with Crippen LogP contribution in [0.2, 0.25) is 0 Å². The molecule has 2 rings (SSSR count). The monoisotopic (exact) mass is 259 g/mol. The summed E-state index contributed by atoms with van der Waals surface area (Å²) in [4.78, 5) is 14.9. The summed E-state index contributed by atoms with van der Waals surface area (Å²) in [6.45, 7) is 13.4. The molecule has 1 amide bonds. The van der Waals surface area contributed by atoms with Crippen LogP contribution >= 0.6 is 0 Å². The lowest BCUT2D eigenvalue weighted by Crippen LogP contribution is -2.47. The van der Waals surface area contributed by atoms with E-state index in [0.29, 0.717) is 0 Å². The van der Waals surface area contributed by atoms with Crippen LogP contribution in [0.15, 0.2) is 34.9 Å². The van der Waals surface area contributed by atoms with Gasteiger partial charge in [-0.25, -0.2) is 0 Å². The van der Waals surface area contributed by atoms with Gasteiger partial charge in [0, 0.05) is 17.7 Å². The summed E-state index contributed by atoms with van der Waals surface area (Å²) < 4.78 is 0. The second kappa shape index (κ2) is 4.36. The third kappa shape index (κ3) is 2.68. The molecule has 0 aromatic heterocycles. The predicted molar refractivity (Wildman–Crippen MR) is 79.8 cm³/mol. The SMILES string of the molecule is CC(C)(C)C1=CC2=C(C=CC2)CN(C(C)(C)C)C1=O. The predicted octanol–water partition coefficient (Wildman–Crippen LogP) is 3.86. The molecule has 0 radical (unpaired) electrons. The maximum Gasteiger partial charge on any atom is 0.251 e. The molecule has 19 heavy (non-hydrogen) atoms.